The molecule has 6 heteroatoms. The summed E-state index contributed by atoms with van der Waals surface area (Å²) in [4.78, 5) is 30.8. The van der Waals surface area contributed by atoms with E-state index in [9.17, 15) is 9.59 Å². The van der Waals surface area contributed by atoms with E-state index in [2.05, 4.69) is 15.2 Å². The number of likely N-dealkylation sites (tertiary alicyclic amines) is 1. The Morgan fingerprint density at radius 2 is 1.74 bits per heavy atom. The Hall–Kier alpha value is -3.38. The topological polar surface area (TPSA) is 74.4 Å². The molecule has 2 aromatic carbocycles. The van der Waals surface area contributed by atoms with E-state index in [0.29, 0.717) is 24.3 Å². The van der Waals surface area contributed by atoms with E-state index in [4.69, 9.17) is 4.74 Å². The van der Waals surface area contributed by atoms with E-state index < -0.39 is 0 Å². The number of ether oxygens (including phenoxy) is 1. The lowest BCUT2D eigenvalue weighted by Gasteiger charge is -2.26. The van der Waals surface area contributed by atoms with E-state index >= 15 is 0 Å². The van der Waals surface area contributed by atoms with Crippen molar-refractivity contribution in [1.82, 2.24) is 9.88 Å². The predicted molar refractivity (Wildman–Crippen MR) is 134 cm³/mol. The van der Waals surface area contributed by atoms with Crippen molar-refractivity contribution < 1.29 is 14.3 Å². The van der Waals surface area contributed by atoms with Crippen LogP contribution in [-0.4, -0.2) is 47.8 Å². The number of anilines is 1. The summed E-state index contributed by atoms with van der Waals surface area (Å²) in [5.41, 5.74) is 4.96. The van der Waals surface area contributed by atoms with Gasteiger partial charge in [-0.15, -0.1) is 0 Å². The number of aromatic nitrogens is 1. The van der Waals surface area contributed by atoms with E-state index in [1.807, 2.05) is 42.6 Å². The van der Waals surface area contributed by atoms with Crippen molar-refractivity contribution >= 4 is 17.4 Å². The zero-order valence-electron chi connectivity index (χ0n) is 19.4. The van der Waals surface area contributed by atoms with Crippen LogP contribution in [0.4, 0.5) is 5.69 Å². The number of Topliss-reactive ketones (excluding diaryl/α,β-unsaturated/α-hetero) is 1. The minimum absolute atomic E-state index is 0.159. The Morgan fingerprint density at radius 3 is 2.56 bits per heavy atom. The second kappa shape index (κ2) is 10.3. The number of carbonyl (C=O) groups excluding carboxylic acids is 2. The fourth-order valence-electron chi connectivity index (χ4n) is 4.95. The first-order valence-electron chi connectivity index (χ1n) is 12.3. The van der Waals surface area contributed by atoms with Gasteiger partial charge in [0, 0.05) is 41.5 Å². The lowest BCUT2D eigenvalue weighted by Crippen LogP contribution is -2.33. The summed E-state index contributed by atoms with van der Waals surface area (Å²) in [5.74, 6) is 0.762. The molecule has 176 valence electrons. The number of amides is 1. The van der Waals surface area contributed by atoms with Gasteiger partial charge < -0.3 is 15.0 Å². The Labute approximate surface area is 200 Å². The minimum atomic E-state index is -0.173. The molecule has 1 fully saturated rings. The summed E-state index contributed by atoms with van der Waals surface area (Å²) in [6, 6.07) is 15.0. The molecule has 1 amide bonds. The van der Waals surface area contributed by atoms with Gasteiger partial charge in [0.2, 0.25) is 0 Å². The number of nitrogens with one attached hydrogen (secondary N) is 2. The highest BCUT2D eigenvalue weighted by molar-refractivity contribution is 6.07. The third-order valence-corrected chi connectivity index (χ3v) is 6.80. The summed E-state index contributed by atoms with van der Waals surface area (Å²) in [6.45, 7) is 3.91. The number of rotatable bonds is 7. The molecular weight excluding hydrogens is 426 g/mol. The quantitative estimate of drug-likeness (QED) is 0.504. The van der Waals surface area contributed by atoms with Crippen molar-refractivity contribution in [2.75, 3.05) is 31.6 Å². The number of carbonyl (C=O) groups is 2. The first-order valence-corrected chi connectivity index (χ1v) is 12.3. The number of piperidine rings is 1. The van der Waals surface area contributed by atoms with Crippen molar-refractivity contribution in [3.05, 3.63) is 71.5 Å². The van der Waals surface area contributed by atoms with Crippen LogP contribution in [0.15, 0.2) is 54.7 Å². The van der Waals surface area contributed by atoms with E-state index in [1.54, 1.807) is 12.1 Å². The molecule has 5 rings (SSSR count). The number of ketones is 1. The molecule has 6 nitrogen and oxygen atoms in total. The number of aromatic amines is 1. The Balaban J connectivity index is 1.24. The van der Waals surface area contributed by atoms with Crippen molar-refractivity contribution in [2.45, 2.75) is 38.5 Å². The van der Waals surface area contributed by atoms with Crippen LogP contribution >= 0.6 is 0 Å². The number of hydrogen-bond acceptors (Lipinski definition) is 4. The van der Waals surface area contributed by atoms with Crippen molar-refractivity contribution in [1.29, 1.82) is 0 Å². The van der Waals surface area contributed by atoms with E-state index in [1.165, 1.54) is 19.3 Å². The van der Waals surface area contributed by atoms with Crippen LogP contribution in [0.2, 0.25) is 0 Å². The molecule has 0 radical (unpaired) electrons. The zero-order chi connectivity index (χ0) is 23.3. The molecule has 1 aromatic heterocycles. The molecule has 0 bridgehead atoms. The third kappa shape index (κ3) is 4.92. The minimum Gasteiger partial charge on any atom is -0.492 e. The van der Waals surface area contributed by atoms with Crippen LogP contribution in [0.5, 0.6) is 5.75 Å². The van der Waals surface area contributed by atoms with Crippen molar-refractivity contribution in [2.24, 2.45) is 0 Å². The molecule has 2 aliphatic rings. The summed E-state index contributed by atoms with van der Waals surface area (Å²) in [7, 11) is 0. The number of nitrogens with zero attached hydrogens (tertiary/aromatic N) is 1. The van der Waals surface area contributed by atoms with E-state index in [-0.39, 0.29) is 11.7 Å². The average Bonchev–Trinajstić information content (AvgIpc) is 3.31. The summed E-state index contributed by atoms with van der Waals surface area (Å²) in [6.07, 6.45) is 8.07. The Bertz CT molecular complexity index is 1160. The van der Waals surface area contributed by atoms with Crippen LogP contribution < -0.4 is 10.1 Å². The summed E-state index contributed by atoms with van der Waals surface area (Å²) < 4.78 is 5.89. The lowest BCUT2D eigenvalue weighted by molar-refractivity contribution is 0.0967. The smallest absolute Gasteiger partial charge is 0.255 e. The van der Waals surface area contributed by atoms with E-state index in [0.717, 1.165) is 60.6 Å². The molecule has 34 heavy (non-hydrogen) atoms. The van der Waals surface area contributed by atoms with Gasteiger partial charge in [-0.1, -0.05) is 24.6 Å². The molecule has 0 saturated carbocycles. The standard InChI is InChI=1S/C28H31N3O3/c32-26-10-6-8-23-24(19-29-27(23)26)22-7-2-3-9-25(22)30-28(33)20-11-13-21(14-12-20)34-18-17-31-15-4-1-5-16-31/h2-3,7,9,11-14,19,29H,1,4-6,8,10,15-18H2,(H,30,33). The molecular formula is C28H31N3O3. The van der Waals surface area contributed by atoms with Gasteiger partial charge >= 0.3 is 0 Å². The molecule has 1 saturated heterocycles. The first kappa shape index (κ1) is 22.4. The molecule has 0 spiro atoms. The maximum absolute atomic E-state index is 13.0. The fourth-order valence-corrected chi connectivity index (χ4v) is 4.95. The number of hydrogen-bond donors (Lipinski definition) is 2. The van der Waals surface area contributed by atoms with Gasteiger partial charge in [0.15, 0.2) is 5.78 Å². The maximum atomic E-state index is 13.0. The fraction of sp³-hybridized carbons (Fsp3) is 0.357. The molecule has 2 N–H and O–H groups in total. The molecule has 1 aliphatic carbocycles. The highest BCUT2D eigenvalue weighted by atomic mass is 16.5. The number of fused-ring (bicyclic) bond motifs is 1. The van der Waals surface area contributed by atoms with Gasteiger partial charge in [-0.05, 0) is 74.7 Å². The van der Waals surface area contributed by atoms with Gasteiger partial charge in [-0.25, -0.2) is 0 Å². The summed E-state index contributed by atoms with van der Waals surface area (Å²) in [5, 5.41) is 3.05. The highest BCUT2D eigenvalue weighted by Crippen LogP contribution is 2.35. The van der Waals surface area contributed by atoms with Crippen LogP contribution in [-0.2, 0) is 6.42 Å². The van der Waals surface area contributed by atoms with Crippen LogP contribution in [0, 0.1) is 0 Å². The first-order chi connectivity index (χ1) is 16.7. The van der Waals surface area contributed by atoms with Crippen LogP contribution in [0.1, 0.15) is 58.5 Å². The lowest BCUT2D eigenvalue weighted by atomic mass is 9.91. The molecule has 1 aliphatic heterocycles. The maximum Gasteiger partial charge on any atom is 0.255 e. The zero-order valence-corrected chi connectivity index (χ0v) is 19.4. The second-order valence-corrected chi connectivity index (χ2v) is 9.11. The SMILES string of the molecule is O=C(Nc1ccccc1-c1c[nH]c2c1CCCC2=O)c1ccc(OCCN2CCCCC2)cc1. The van der Waals surface area contributed by atoms with Crippen LogP contribution in [0.25, 0.3) is 11.1 Å². The highest BCUT2D eigenvalue weighted by Gasteiger charge is 2.23. The van der Waals surface area contributed by atoms with Gasteiger partial charge in [0.05, 0.1) is 5.69 Å². The van der Waals surface area contributed by atoms with Crippen LogP contribution in [0.3, 0.4) is 0 Å². The second-order valence-electron chi connectivity index (χ2n) is 9.11. The molecule has 3 aromatic rings. The van der Waals surface area contributed by atoms with Gasteiger partial charge in [-0.2, -0.15) is 0 Å². The number of para-hydroxylation sites is 1. The Morgan fingerprint density at radius 1 is 0.941 bits per heavy atom. The summed E-state index contributed by atoms with van der Waals surface area (Å²) >= 11 is 0. The normalized spacial score (nSPS) is 16.2. The van der Waals surface area contributed by atoms with Crippen molar-refractivity contribution in [3.8, 4) is 16.9 Å². The number of benzene rings is 2. The molecule has 0 atom stereocenters. The predicted octanol–water partition coefficient (Wildman–Crippen LogP) is 5.32. The molecule has 2 heterocycles. The molecule has 0 unspecified atom stereocenters. The largest absolute Gasteiger partial charge is 0.492 e. The Kier molecular flexibility index (Phi) is 6.77. The number of H-pyrrole nitrogens is 1. The third-order valence-electron chi connectivity index (χ3n) is 6.80. The average molecular weight is 458 g/mol. The van der Waals surface area contributed by atoms with Gasteiger partial charge in [0.1, 0.15) is 12.4 Å². The van der Waals surface area contributed by atoms with Crippen molar-refractivity contribution in [3.63, 3.8) is 0 Å². The van der Waals surface area contributed by atoms with Gasteiger partial charge in [0.25, 0.3) is 5.91 Å². The monoisotopic (exact) mass is 457 g/mol. The van der Waals surface area contributed by atoms with Gasteiger partial charge in [-0.3, -0.25) is 14.5 Å².